The van der Waals surface area contributed by atoms with Crippen molar-refractivity contribution in [3.8, 4) is 5.75 Å². The highest BCUT2D eigenvalue weighted by atomic mass is 32.1. The second kappa shape index (κ2) is 7.17. The van der Waals surface area contributed by atoms with Crippen molar-refractivity contribution in [2.45, 2.75) is 26.2 Å². The summed E-state index contributed by atoms with van der Waals surface area (Å²) in [6, 6.07) is 4.37. The number of amides is 2. The Morgan fingerprint density at radius 3 is 2.77 bits per heavy atom. The largest absolute Gasteiger partial charge is 0.508 e. The monoisotopic (exact) mass is 374 g/mol. The number of thiophene rings is 1. The van der Waals surface area contributed by atoms with E-state index < -0.39 is 24.4 Å². The third-order valence-electron chi connectivity index (χ3n) is 4.20. The van der Waals surface area contributed by atoms with E-state index in [1.807, 2.05) is 0 Å². The molecule has 0 spiro atoms. The molecule has 2 amide bonds. The first-order chi connectivity index (χ1) is 12.4. The summed E-state index contributed by atoms with van der Waals surface area (Å²) < 4.78 is 4.96. The van der Waals surface area contributed by atoms with Crippen molar-refractivity contribution in [1.82, 2.24) is 0 Å². The molecule has 0 bridgehead atoms. The van der Waals surface area contributed by atoms with Crippen LogP contribution >= 0.6 is 11.3 Å². The van der Waals surface area contributed by atoms with Crippen molar-refractivity contribution in [2.24, 2.45) is 5.73 Å². The summed E-state index contributed by atoms with van der Waals surface area (Å²) in [4.78, 5) is 36.8. The molecule has 2 aromatic rings. The highest BCUT2D eigenvalue weighted by Gasteiger charge is 2.26. The lowest BCUT2D eigenvalue weighted by molar-refractivity contribution is -0.119. The first-order valence-electron chi connectivity index (χ1n) is 8.07. The Hall–Kier alpha value is -2.87. The van der Waals surface area contributed by atoms with Gasteiger partial charge in [0.1, 0.15) is 10.8 Å². The second-order valence-corrected chi connectivity index (χ2v) is 7.16. The maximum Gasteiger partial charge on any atom is 0.338 e. The molecule has 0 saturated carbocycles. The highest BCUT2D eigenvalue weighted by Crippen LogP contribution is 2.38. The van der Waals surface area contributed by atoms with Gasteiger partial charge in [-0.1, -0.05) is 6.07 Å². The Morgan fingerprint density at radius 2 is 2.08 bits per heavy atom. The number of benzene rings is 1. The normalized spacial score (nSPS) is 12.5. The zero-order chi connectivity index (χ0) is 18.8. The van der Waals surface area contributed by atoms with Gasteiger partial charge in [0, 0.05) is 4.88 Å². The molecule has 0 atom stereocenters. The van der Waals surface area contributed by atoms with Crippen LogP contribution in [0.15, 0.2) is 18.2 Å². The molecule has 136 valence electrons. The Kier molecular flexibility index (Phi) is 4.94. The lowest BCUT2D eigenvalue weighted by atomic mass is 10.1. The molecule has 1 aromatic heterocycles. The topological polar surface area (TPSA) is 119 Å². The van der Waals surface area contributed by atoms with Crippen LogP contribution in [0.4, 0.5) is 5.00 Å². The summed E-state index contributed by atoms with van der Waals surface area (Å²) in [7, 11) is 0. The summed E-state index contributed by atoms with van der Waals surface area (Å²) >= 11 is 1.33. The molecule has 3 rings (SSSR count). The van der Waals surface area contributed by atoms with Crippen molar-refractivity contribution < 1.29 is 24.2 Å². The van der Waals surface area contributed by atoms with E-state index >= 15 is 0 Å². The van der Waals surface area contributed by atoms with Gasteiger partial charge in [-0.15, -0.1) is 11.3 Å². The van der Waals surface area contributed by atoms with Gasteiger partial charge in [-0.05, 0) is 49.4 Å². The number of esters is 1. The number of nitrogens with two attached hydrogens (primary N) is 1. The Bertz CT molecular complexity index is 903. The van der Waals surface area contributed by atoms with E-state index in [4.69, 9.17) is 10.5 Å². The van der Waals surface area contributed by atoms with E-state index in [0.29, 0.717) is 16.1 Å². The Labute approximate surface area is 153 Å². The fourth-order valence-corrected chi connectivity index (χ4v) is 4.18. The summed E-state index contributed by atoms with van der Waals surface area (Å²) in [5, 5.41) is 12.6. The van der Waals surface area contributed by atoms with E-state index in [0.717, 1.165) is 29.7 Å². The van der Waals surface area contributed by atoms with Crippen molar-refractivity contribution in [3.05, 3.63) is 45.3 Å². The standard InChI is InChI=1S/C18H18N2O5S/c1-9-5-6-10(7-12(9)21)18(24)25-8-14(22)20-17-15(16(19)23)11-3-2-4-13(11)26-17/h5-7,21H,2-4,8H2,1H3,(H2,19,23)(H,20,22). The van der Waals surface area contributed by atoms with Gasteiger partial charge in [-0.2, -0.15) is 0 Å². The number of aryl methyl sites for hydroxylation is 2. The first kappa shape index (κ1) is 17.9. The van der Waals surface area contributed by atoms with Crippen molar-refractivity contribution in [1.29, 1.82) is 0 Å². The number of aromatic hydroxyl groups is 1. The quantitative estimate of drug-likeness (QED) is 0.693. The first-order valence-corrected chi connectivity index (χ1v) is 8.89. The third kappa shape index (κ3) is 3.55. The summed E-state index contributed by atoms with van der Waals surface area (Å²) in [6.07, 6.45) is 2.60. The van der Waals surface area contributed by atoms with Gasteiger partial charge in [0.05, 0.1) is 11.1 Å². The van der Waals surface area contributed by atoms with Crippen LogP contribution < -0.4 is 11.1 Å². The van der Waals surface area contributed by atoms with Crippen molar-refractivity contribution >= 4 is 34.1 Å². The van der Waals surface area contributed by atoms with Gasteiger partial charge in [-0.3, -0.25) is 9.59 Å². The van der Waals surface area contributed by atoms with Crippen LogP contribution in [0, 0.1) is 6.92 Å². The van der Waals surface area contributed by atoms with Gasteiger partial charge < -0.3 is 20.9 Å². The van der Waals surface area contributed by atoms with Crippen LogP contribution in [0.2, 0.25) is 0 Å². The molecule has 0 unspecified atom stereocenters. The number of hydrogen-bond donors (Lipinski definition) is 3. The predicted molar refractivity (Wildman–Crippen MR) is 96.6 cm³/mol. The second-order valence-electron chi connectivity index (χ2n) is 6.05. The summed E-state index contributed by atoms with van der Waals surface area (Å²) in [5.74, 6) is -1.88. The molecule has 4 N–H and O–H groups in total. The SMILES string of the molecule is Cc1ccc(C(=O)OCC(=O)Nc2sc3c(c2C(N)=O)CCC3)cc1O. The number of phenolic OH excluding ortho intramolecular Hbond substituents is 1. The van der Waals surface area contributed by atoms with Crippen molar-refractivity contribution in [2.75, 3.05) is 11.9 Å². The van der Waals surface area contributed by atoms with Crippen molar-refractivity contribution in [3.63, 3.8) is 0 Å². The molecule has 26 heavy (non-hydrogen) atoms. The molecule has 1 aromatic carbocycles. The van der Waals surface area contributed by atoms with Crippen LogP contribution in [-0.2, 0) is 22.4 Å². The third-order valence-corrected chi connectivity index (χ3v) is 5.41. The van der Waals surface area contributed by atoms with E-state index in [1.54, 1.807) is 13.0 Å². The number of hydrogen-bond acceptors (Lipinski definition) is 6. The molecule has 7 nitrogen and oxygen atoms in total. The minimum atomic E-state index is -0.723. The molecular weight excluding hydrogens is 356 g/mol. The Balaban J connectivity index is 1.64. The van der Waals surface area contributed by atoms with Crippen LogP contribution in [0.1, 0.15) is 43.1 Å². The number of primary amides is 1. The molecule has 0 aliphatic heterocycles. The number of carbonyl (C=O) groups is 3. The molecule has 0 fully saturated rings. The molecule has 1 heterocycles. The number of phenols is 1. The van der Waals surface area contributed by atoms with E-state index in [9.17, 15) is 19.5 Å². The van der Waals surface area contributed by atoms with E-state index in [1.165, 1.54) is 23.5 Å². The maximum atomic E-state index is 12.1. The zero-order valence-corrected chi connectivity index (χ0v) is 14.9. The average molecular weight is 374 g/mol. The smallest absolute Gasteiger partial charge is 0.338 e. The predicted octanol–water partition coefficient (Wildman–Crippen LogP) is 2.15. The van der Waals surface area contributed by atoms with Gasteiger partial charge >= 0.3 is 5.97 Å². The van der Waals surface area contributed by atoms with Gasteiger partial charge in [0.2, 0.25) is 0 Å². The molecule has 8 heteroatoms. The number of rotatable bonds is 5. The fraction of sp³-hybridized carbons (Fsp3) is 0.278. The Morgan fingerprint density at radius 1 is 1.31 bits per heavy atom. The zero-order valence-electron chi connectivity index (χ0n) is 14.1. The molecule has 1 aliphatic rings. The van der Waals surface area contributed by atoms with Gasteiger partial charge in [-0.25, -0.2) is 4.79 Å². The lowest BCUT2D eigenvalue weighted by Gasteiger charge is -2.08. The lowest BCUT2D eigenvalue weighted by Crippen LogP contribution is -2.22. The molecule has 0 radical (unpaired) electrons. The molecule has 0 saturated heterocycles. The minimum Gasteiger partial charge on any atom is -0.508 e. The number of carbonyl (C=O) groups excluding carboxylic acids is 3. The summed E-state index contributed by atoms with van der Waals surface area (Å²) in [5.41, 5.74) is 7.48. The number of ether oxygens (including phenoxy) is 1. The van der Waals surface area contributed by atoms with E-state index in [2.05, 4.69) is 5.32 Å². The summed E-state index contributed by atoms with van der Waals surface area (Å²) in [6.45, 7) is 1.20. The number of fused-ring (bicyclic) bond motifs is 1. The van der Waals surface area contributed by atoms with Crippen LogP contribution in [0.3, 0.4) is 0 Å². The maximum absolute atomic E-state index is 12.1. The molecule has 1 aliphatic carbocycles. The van der Waals surface area contributed by atoms with Gasteiger partial charge in [0.15, 0.2) is 6.61 Å². The van der Waals surface area contributed by atoms with Crippen LogP contribution in [-0.4, -0.2) is 29.5 Å². The van der Waals surface area contributed by atoms with E-state index in [-0.39, 0.29) is 11.3 Å². The van der Waals surface area contributed by atoms with Gasteiger partial charge in [0.25, 0.3) is 11.8 Å². The molecular formula is C18H18N2O5S. The number of anilines is 1. The fourth-order valence-electron chi connectivity index (χ4n) is 2.87. The van der Waals surface area contributed by atoms with Crippen LogP contribution in [0.5, 0.6) is 5.75 Å². The number of nitrogens with one attached hydrogen (secondary N) is 1. The highest BCUT2D eigenvalue weighted by molar-refractivity contribution is 7.17. The van der Waals surface area contributed by atoms with Crippen LogP contribution in [0.25, 0.3) is 0 Å². The average Bonchev–Trinajstić information content (AvgIpc) is 3.15. The minimum absolute atomic E-state index is 0.0249.